The van der Waals surface area contributed by atoms with Gasteiger partial charge in [-0.25, -0.2) is 0 Å². The van der Waals surface area contributed by atoms with Gasteiger partial charge in [0.25, 0.3) is 0 Å². The number of para-hydroxylation sites is 1. The van der Waals surface area contributed by atoms with E-state index in [0.717, 1.165) is 11.6 Å². The Kier molecular flexibility index (Phi) is 3.50. The summed E-state index contributed by atoms with van der Waals surface area (Å²) in [5, 5.41) is 0. The molecule has 9 heteroatoms. The molecule has 1 spiro atoms. The molecule has 31 heavy (non-hydrogen) atoms. The van der Waals surface area contributed by atoms with Crippen molar-refractivity contribution in [3.63, 3.8) is 0 Å². The van der Waals surface area contributed by atoms with Crippen LogP contribution in [0, 0.1) is 0 Å². The molecule has 0 saturated heterocycles. The molecule has 6 nitrogen and oxygen atoms in total. The number of benzene rings is 2. The molecule has 0 aliphatic carbocycles. The Bertz CT molecular complexity index is 1230. The van der Waals surface area contributed by atoms with Gasteiger partial charge in [-0.05, 0) is 29.8 Å². The van der Waals surface area contributed by atoms with E-state index in [4.69, 9.17) is 18.6 Å². The predicted molar refractivity (Wildman–Crippen MR) is 100 cm³/mol. The molecule has 0 fully saturated rings. The summed E-state index contributed by atoms with van der Waals surface area (Å²) >= 11 is 0. The van der Waals surface area contributed by atoms with E-state index in [9.17, 15) is 18.0 Å². The fourth-order valence-electron chi connectivity index (χ4n) is 4.49. The van der Waals surface area contributed by atoms with Crippen molar-refractivity contribution < 1.29 is 36.6 Å². The smallest absolute Gasteiger partial charge is 0.449 e. The summed E-state index contributed by atoms with van der Waals surface area (Å²) in [4.78, 5) is 15.2. The summed E-state index contributed by atoms with van der Waals surface area (Å²) in [6, 6.07) is 12.7. The van der Waals surface area contributed by atoms with Gasteiger partial charge in [0, 0.05) is 17.3 Å². The van der Waals surface area contributed by atoms with Crippen molar-refractivity contribution in [2.45, 2.75) is 18.1 Å². The van der Waals surface area contributed by atoms with Crippen LogP contribution >= 0.6 is 0 Å². The molecule has 3 aromatic rings. The Morgan fingerprint density at radius 1 is 0.935 bits per heavy atom. The molecule has 3 aliphatic heterocycles. The van der Waals surface area contributed by atoms with Gasteiger partial charge in [0.15, 0.2) is 11.5 Å². The van der Waals surface area contributed by atoms with Gasteiger partial charge in [-0.15, -0.1) is 0 Å². The Labute approximate surface area is 173 Å². The lowest BCUT2D eigenvalue weighted by Crippen LogP contribution is -2.42. The van der Waals surface area contributed by atoms with E-state index in [0.29, 0.717) is 28.5 Å². The number of ether oxygens (including phenoxy) is 3. The highest BCUT2D eigenvalue weighted by Gasteiger charge is 2.57. The lowest BCUT2D eigenvalue weighted by Gasteiger charge is -2.22. The molecule has 0 bridgehead atoms. The van der Waals surface area contributed by atoms with Gasteiger partial charge in [0.2, 0.25) is 18.5 Å². The molecule has 0 saturated carbocycles. The molecular formula is C22H14F3NO5. The Balaban J connectivity index is 1.44. The first-order valence-electron chi connectivity index (χ1n) is 9.52. The van der Waals surface area contributed by atoms with Crippen molar-refractivity contribution in [1.29, 1.82) is 0 Å². The topological polar surface area (TPSA) is 61.1 Å². The van der Waals surface area contributed by atoms with Gasteiger partial charge in [-0.1, -0.05) is 18.2 Å². The van der Waals surface area contributed by atoms with E-state index >= 15 is 0 Å². The number of nitrogens with zero attached hydrogens (tertiary/aromatic N) is 1. The molecular weight excluding hydrogens is 415 g/mol. The summed E-state index contributed by atoms with van der Waals surface area (Å²) in [6.45, 7) is 0.0268. The minimum atomic E-state index is -4.59. The van der Waals surface area contributed by atoms with Gasteiger partial charge >= 0.3 is 6.18 Å². The van der Waals surface area contributed by atoms with E-state index in [1.807, 2.05) is 12.1 Å². The van der Waals surface area contributed by atoms with Crippen LogP contribution in [-0.2, 0) is 22.9 Å². The number of anilines is 1. The average Bonchev–Trinajstić information content (AvgIpc) is 3.50. The number of halogens is 3. The van der Waals surface area contributed by atoms with E-state index < -0.39 is 17.4 Å². The van der Waals surface area contributed by atoms with Crippen molar-refractivity contribution in [3.05, 3.63) is 71.2 Å². The van der Waals surface area contributed by atoms with E-state index in [-0.39, 0.29) is 31.6 Å². The van der Waals surface area contributed by atoms with Crippen molar-refractivity contribution >= 4 is 11.6 Å². The van der Waals surface area contributed by atoms with Crippen LogP contribution in [-0.4, -0.2) is 19.3 Å². The van der Waals surface area contributed by atoms with Crippen LogP contribution < -0.4 is 19.1 Å². The van der Waals surface area contributed by atoms with Crippen molar-refractivity contribution in [2.75, 3.05) is 18.3 Å². The molecule has 4 heterocycles. The fourth-order valence-corrected chi connectivity index (χ4v) is 4.49. The second kappa shape index (κ2) is 5.96. The second-order valence-electron chi connectivity index (χ2n) is 7.57. The Morgan fingerprint density at radius 3 is 2.48 bits per heavy atom. The van der Waals surface area contributed by atoms with Gasteiger partial charge < -0.3 is 23.5 Å². The molecule has 6 rings (SSSR count). The van der Waals surface area contributed by atoms with E-state index in [1.54, 1.807) is 24.3 Å². The van der Waals surface area contributed by atoms with Crippen molar-refractivity contribution in [3.8, 4) is 17.2 Å². The summed E-state index contributed by atoms with van der Waals surface area (Å²) in [6.07, 6.45) is -4.59. The molecule has 0 N–H and O–H groups in total. The third-order valence-corrected chi connectivity index (χ3v) is 5.90. The highest BCUT2D eigenvalue weighted by Crippen LogP contribution is 2.55. The third-order valence-electron chi connectivity index (χ3n) is 5.90. The van der Waals surface area contributed by atoms with Gasteiger partial charge in [0.1, 0.15) is 23.5 Å². The number of hydrogen-bond donors (Lipinski definition) is 0. The zero-order chi connectivity index (χ0) is 21.4. The lowest BCUT2D eigenvalue weighted by molar-refractivity contribution is -0.153. The first-order valence-corrected chi connectivity index (χ1v) is 9.52. The predicted octanol–water partition coefficient (Wildman–Crippen LogP) is 4.25. The number of alkyl halides is 3. The molecule has 158 valence electrons. The minimum Gasteiger partial charge on any atom is -0.491 e. The van der Waals surface area contributed by atoms with Crippen LogP contribution in [0.3, 0.4) is 0 Å². The first kappa shape index (κ1) is 18.2. The third kappa shape index (κ3) is 2.43. The standard InChI is InChI=1S/C22H14F3NO5/c23-22(24,25)19-6-5-12(31-19)9-26-15-4-2-1-3-13(15)21(20(26)27)10-28-16-8-18-17(7-14(16)21)29-11-30-18/h1-8H,9-11H2/t21-/m0/s1. The van der Waals surface area contributed by atoms with Crippen molar-refractivity contribution in [2.24, 2.45) is 0 Å². The maximum absolute atomic E-state index is 13.8. The lowest BCUT2D eigenvalue weighted by atomic mass is 9.77. The highest BCUT2D eigenvalue weighted by atomic mass is 19.4. The normalized spacial score (nSPS) is 20.9. The fraction of sp³-hybridized carbons (Fsp3) is 0.227. The van der Waals surface area contributed by atoms with Gasteiger partial charge in [-0.2, -0.15) is 13.2 Å². The summed E-state index contributed by atoms with van der Waals surface area (Å²) in [5.74, 6) is 0.231. The van der Waals surface area contributed by atoms with Crippen LogP contribution in [0.15, 0.2) is 52.9 Å². The Hall–Kier alpha value is -3.62. The molecule has 1 aromatic heterocycles. The zero-order valence-electron chi connectivity index (χ0n) is 15.9. The quantitative estimate of drug-likeness (QED) is 0.610. The summed E-state index contributed by atoms with van der Waals surface area (Å²) in [5.41, 5.74) is 0.853. The van der Waals surface area contributed by atoms with Gasteiger partial charge in [0.05, 0.1) is 6.54 Å². The van der Waals surface area contributed by atoms with Crippen molar-refractivity contribution in [1.82, 2.24) is 0 Å². The SMILES string of the molecule is O=C1N(Cc2ccc(C(F)(F)F)o2)c2ccccc2[C@]12COc1cc3c(cc12)OCO3. The van der Waals surface area contributed by atoms with Crippen LogP contribution in [0.1, 0.15) is 22.6 Å². The Morgan fingerprint density at radius 2 is 1.71 bits per heavy atom. The second-order valence-corrected chi connectivity index (χ2v) is 7.57. The largest absolute Gasteiger partial charge is 0.491 e. The number of fused-ring (bicyclic) bond motifs is 5. The number of hydrogen-bond acceptors (Lipinski definition) is 5. The molecule has 3 aliphatic rings. The summed E-state index contributed by atoms with van der Waals surface area (Å²) in [7, 11) is 0. The summed E-state index contributed by atoms with van der Waals surface area (Å²) < 4.78 is 60.5. The van der Waals surface area contributed by atoms with Crippen LogP contribution in [0.4, 0.5) is 18.9 Å². The monoisotopic (exact) mass is 429 g/mol. The maximum Gasteiger partial charge on any atom is 0.449 e. The van der Waals surface area contributed by atoms with Crippen LogP contribution in [0.25, 0.3) is 0 Å². The average molecular weight is 429 g/mol. The minimum absolute atomic E-state index is 0.0392. The van der Waals surface area contributed by atoms with E-state index in [2.05, 4.69) is 0 Å². The number of carbonyl (C=O) groups excluding carboxylic acids is 1. The zero-order valence-corrected chi connectivity index (χ0v) is 15.9. The molecule has 1 atom stereocenters. The molecule has 2 aromatic carbocycles. The maximum atomic E-state index is 13.8. The number of furan rings is 1. The molecule has 0 unspecified atom stereocenters. The number of amides is 1. The number of rotatable bonds is 2. The highest BCUT2D eigenvalue weighted by molar-refractivity contribution is 6.11. The van der Waals surface area contributed by atoms with E-state index in [1.165, 1.54) is 11.0 Å². The number of carbonyl (C=O) groups is 1. The molecule has 0 radical (unpaired) electrons. The van der Waals surface area contributed by atoms with Crippen LogP contribution in [0.5, 0.6) is 17.2 Å². The molecule has 1 amide bonds. The first-order chi connectivity index (χ1) is 14.9. The van der Waals surface area contributed by atoms with Gasteiger partial charge in [-0.3, -0.25) is 4.79 Å². The van der Waals surface area contributed by atoms with Crippen LogP contribution in [0.2, 0.25) is 0 Å².